The van der Waals surface area contributed by atoms with Gasteiger partial charge in [0.2, 0.25) is 0 Å². The fourth-order valence-corrected chi connectivity index (χ4v) is 0. The highest BCUT2D eigenvalue weighted by Gasteiger charge is -0.144. The lowest BCUT2D eigenvalue weighted by Gasteiger charge is -0.413. The molecule has 10 N–H and O–H groups in total. The van der Waals surface area contributed by atoms with Crippen LogP contribution in [0.25, 0.3) is 0 Å². The zero-order valence-corrected chi connectivity index (χ0v) is 7.40. The summed E-state index contributed by atoms with van der Waals surface area (Å²) in [4.78, 5) is 0. The van der Waals surface area contributed by atoms with Crippen LogP contribution in [0.1, 0.15) is 0 Å². The summed E-state index contributed by atoms with van der Waals surface area (Å²) in [6, 6.07) is 0. The average molecular weight is 236 g/mol. The quantitative estimate of drug-likeness (QED) is 0.437. The molecule has 0 aromatic heterocycles. The Kier molecular flexibility index (Phi) is 59400. The van der Waals surface area contributed by atoms with E-state index < -0.39 is 0 Å². The molecule has 0 saturated carbocycles. The molecular formula is H14Cl4O5. The van der Waals surface area contributed by atoms with Crippen molar-refractivity contribution >= 4 is 49.6 Å². The Morgan fingerprint density at radius 3 is 0.222 bits per heavy atom. The monoisotopic (exact) mass is 234 g/mol. The molecule has 0 fully saturated rings. The molecule has 0 aromatic rings. The van der Waals surface area contributed by atoms with E-state index in [-0.39, 0.29) is 77.0 Å². The zero-order chi connectivity index (χ0) is 0. The van der Waals surface area contributed by atoms with Crippen LogP contribution in [0.3, 0.4) is 0 Å². The Bertz CT molecular complexity index is 8.92. The Hall–Kier alpha value is 0.960. The van der Waals surface area contributed by atoms with Crippen LogP contribution in [0.15, 0.2) is 0 Å². The second kappa shape index (κ2) is 616. The van der Waals surface area contributed by atoms with Crippen molar-refractivity contribution in [2.75, 3.05) is 0 Å². The molecule has 0 radical (unpaired) electrons. The summed E-state index contributed by atoms with van der Waals surface area (Å²) in [7, 11) is 0. The first-order valence-electron chi connectivity index (χ1n) is 0. The van der Waals surface area contributed by atoms with Gasteiger partial charge in [-0.25, -0.2) is 0 Å². The molecule has 72 valence electrons. The van der Waals surface area contributed by atoms with Crippen LogP contribution in [0, 0.1) is 0 Å². The largest absolute Gasteiger partial charge is 0.412 e. The molecule has 0 aliphatic carbocycles. The fraction of sp³-hybridized carbons (Fsp3) is 0. The van der Waals surface area contributed by atoms with E-state index in [1.54, 1.807) is 0 Å². The van der Waals surface area contributed by atoms with Crippen molar-refractivity contribution in [3.05, 3.63) is 0 Å². The SMILES string of the molecule is Cl.Cl.Cl.Cl.O.O.O.O.O. The summed E-state index contributed by atoms with van der Waals surface area (Å²) in [5, 5.41) is 0. The average Bonchev–Trinajstić information content (AvgIpc) is 0. The van der Waals surface area contributed by atoms with E-state index in [0.717, 1.165) is 0 Å². The lowest BCUT2D eigenvalue weighted by molar-refractivity contribution is 0.823. The molecule has 0 amide bonds. The van der Waals surface area contributed by atoms with E-state index >= 15 is 0 Å². The number of hydrogen-bond acceptors (Lipinski definition) is 0. The van der Waals surface area contributed by atoms with Gasteiger partial charge in [0, 0.05) is 0 Å². The van der Waals surface area contributed by atoms with E-state index in [1.165, 1.54) is 0 Å². The highest BCUT2D eigenvalue weighted by Crippen LogP contribution is 0.693. The normalized spacial score (nSPS) is 0. The van der Waals surface area contributed by atoms with Crippen molar-refractivity contribution in [1.29, 1.82) is 0 Å². The van der Waals surface area contributed by atoms with E-state index in [1.807, 2.05) is 0 Å². The minimum atomic E-state index is 0. The zero-order valence-electron chi connectivity index (χ0n) is 4.13. The molecule has 0 aromatic carbocycles. The second-order valence-corrected chi connectivity index (χ2v) is 0. The van der Waals surface area contributed by atoms with Crippen molar-refractivity contribution in [2.24, 2.45) is 0 Å². The van der Waals surface area contributed by atoms with Crippen LogP contribution in [-0.4, -0.2) is 27.4 Å². The molecule has 0 aliphatic rings. The lowest BCUT2D eigenvalue weighted by Crippen LogP contribution is -0.290. The highest BCUT2D eigenvalue weighted by atomic mass is 35.5. The van der Waals surface area contributed by atoms with Crippen LogP contribution in [0.2, 0.25) is 0 Å². The topological polar surface area (TPSA) is 158 Å². The molecule has 0 aliphatic heterocycles. The van der Waals surface area contributed by atoms with Crippen LogP contribution in [-0.2, 0) is 0 Å². The van der Waals surface area contributed by atoms with Crippen molar-refractivity contribution in [3.63, 3.8) is 0 Å². The van der Waals surface area contributed by atoms with Crippen molar-refractivity contribution in [1.82, 2.24) is 0 Å². The first-order chi connectivity index (χ1) is 0. The van der Waals surface area contributed by atoms with Gasteiger partial charge < -0.3 is 27.4 Å². The van der Waals surface area contributed by atoms with Gasteiger partial charge in [-0.2, -0.15) is 0 Å². The second-order valence-electron chi connectivity index (χ2n) is 0. The predicted octanol–water partition coefficient (Wildman–Crippen LogP) is -2.44. The van der Waals surface area contributed by atoms with Gasteiger partial charge in [-0.1, -0.05) is 0 Å². The molecular weight excluding hydrogens is 222 g/mol. The molecule has 0 saturated heterocycles. The number of hydrogen-bond donors (Lipinski definition) is 0. The van der Waals surface area contributed by atoms with Gasteiger partial charge in [0.1, 0.15) is 0 Å². The van der Waals surface area contributed by atoms with Crippen LogP contribution >= 0.6 is 49.6 Å². The minimum absolute atomic E-state index is 0. The standard InChI is InChI=1S/4ClH.5H2O/h4*1H;5*1H2. The van der Waals surface area contributed by atoms with E-state index in [4.69, 9.17) is 0 Å². The summed E-state index contributed by atoms with van der Waals surface area (Å²) in [5.74, 6) is 0. The molecule has 9 heavy (non-hydrogen) atoms. The van der Waals surface area contributed by atoms with Crippen molar-refractivity contribution in [3.8, 4) is 0 Å². The lowest BCUT2D eigenvalue weighted by atomic mass is 16.0. The third-order valence-corrected chi connectivity index (χ3v) is 0. The Morgan fingerprint density at radius 2 is 0.222 bits per heavy atom. The molecule has 0 spiro atoms. The predicted molar refractivity (Wildman–Crippen MR) is 47.1 cm³/mol. The Balaban J connectivity index is 0. The molecule has 0 heterocycles. The van der Waals surface area contributed by atoms with Crippen LogP contribution in [0.5, 0.6) is 0 Å². The maximum atomic E-state index is 0. The molecule has 0 bridgehead atoms. The Morgan fingerprint density at radius 1 is 0.222 bits per heavy atom. The van der Waals surface area contributed by atoms with Crippen LogP contribution in [0.4, 0.5) is 0 Å². The van der Waals surface area contributed by atoms with Gasteiger partial charge in [0.05, 0.1) is 0 Å². The van der Waals surface area contributed by atoms with E-state index in [9.17, 15) is 0 Å². The molecule has 0 atom stereocenters. The molecule has 5 nitrogen and oxygen atoms in total. The van der Waals surface area contributed by atoms with Crippen molar-refractivity contribution in [2.45, 2.75) is 0 Å². The number of rotatable bonds is 0. The Labute approximate surface area is 77.4 Å². The van der Waals surface area contributed by atoms with Gasteiger partial charge in [-0.05, 0) is 0 Å². The third kappa shape index (κ3) is 471. The van der Waals surface area contributed by atoms with Gasteiger partial charge in [-0.3, -0.25) is 0 Å². The smallest absolute Gasteiger partial charge is 0.147 e. The van der Waals surface area contributed by atoms with Gasteiger partial charge in [0.25, 0.3) is 0 Å². The van der Waals surface area contributed by atoms with Gasteiger partial charge in [-0.15, -0.1) is 49.6 Å². The molecule has 0 unspecified atom stereocenters. The summed E-state index contributed by atoms with van der Waals surface area (Å²) in [5.41, 5.74) is 0. The first-order valence-corrected chi connectivity index (χ1v) is 0. The highest BCUT2D eigenvalue weighted by molar-refractivity contribution is 5.86. The third-order valence-electron chi connectivity index (χ3n) is 0. The summed E-state index contributed by atoms with van der Waals surface area (Å²) >= 11 is 0. The summed E-state index contributed by atoms with van der Waals surface area (Å²) < 4.78 is 0. The summed E-state index contributed by atoms with van der Waals surface area (Å²) in [6.45, 7) is 0. The van der Waals surface area contributed by atoms with Gasteiger partial charge >= 0.3 is 0 Å². The van der Waals surface area contributed by atoms with E-state index in [0.29, 0.717) is 0 Å². The maximum Gasteiger partial charge on any atom is -0.147 e. The van der Waals surface area contributed by atoms with Crippen LogP contribution < -0.4 is 0 Å². The molecule has 9 heteroatoms. The fourth-order valence-electron chi connectivity index (χ4n) is 0. The van der Waals surface area contributed by atoms with Crippen molar-refractivity contribution < 1.29 is 27.4 Å². The summed E-state index contributed by atoms with van der Waals surface area (Å²) in [6.07, 6.45) is 0. The van der Waals surface area contributed by atoms with Gasteiger partial charge in [0.15, 0.2) is 0 Å². The maximum absolute atomic E-state index is 0. The van der Waals surface area contributed by atoms with E-state index in [2.05, 4.69) is 0 Å². The number of halogens is 4. The first kappa shape index (κ1) is 868. The molecule has 0 rings (SSSR count). The minimum Gasteiger partial charge on any atom is -0.412 e.